The normalized spacial score (nSPS) is 35.1. The first-order chi connectivity index (χ1) is 45.5. The molecular weight excluding hydrogens is 1240 g/mol. The van der Waals surface area contributed by atoms with Crippen LogP contribution in [0.25, 0.3) is 0 Å². The van der Waals surface area contributed by atoms with E-state index in [0.29, 0.717) is 45.1 Å². The highest BCUT2D eigenvalue weighted by Gasteiger charge is 2.65. The minimum atomic E-state index is -3.35. The van der Waals surface area contributed by atoms with Gasteiger partial charge in [0.25, 0.3) is 16.6 Å². The maximum absolute atomic E-state index is 15.5. The van der Waals surface area contributed by atoms with Crippen molar-refractivity contribution in [3.63, 3.8) is 0 Å². The fourth-order valence-corrected chi connectivity index (χ4v) is 27.2. The SMILES string of the molecule is C=C1C[C@@H]2/C=C/C(C)C[C@H]3O[C@H]4[C@@H](O[Si](c5ccccc5)(c5ccccc5)C(C)(C)C)[C@H]5OC(CC[C@@H]5O[C@H]4[C@H]3O[Si](c3ccccc3)(c3ccccc3)C(C)(C)C)CC(=O)C[C@H]3C(C[C@H]4O[C@@H](CCC1O2)C[C@@H](C)C4=C)O[C@H](C[C@H]1CN(C(=O)OC(C)(C)C)C(C)(C)O1)[C@@H]3C. The quantitative estimate of drug-likeness (QED) is 0.111. The summed E-state index contributed by atoms with van der Waals surface area (Å²) in [5.74, 6) is 0.247. The van der Waals surface area contributed by atoms with Crippen molar-refractivity contribution in [2.75, 3.05) is 6.54 Å². The fraction of sp³-hybridized carbons (Fsp3) is 0.605. The minimum absolute atomic E-state index is 0.0103. The standard InChI is InChI=1S/C81H111NO12Si2/c1-51-37-38-57-45-53(3)66(85-57)41-39-58-44-52(2)54(4)69(86-58)49-70-65(55(5)68(88-70)48-60-50-82(81(15,16)91-60)77(84)92-78(6,7)8)47-56(83)46-59-40-42-67-72(87-59)76(94-96(80(12,13)14,63-33-25-19-26-34-63)64-35-27-20-28-36-64)75-74(89-67)73(71(43-51)90-75)93-95(79(9,10)11,61-29-21-17-22-30-61)62-31-23-18-24-32-62/h17-38,51-52,55,57-60,65-76H,3-4,39-50H2,1-2,5-16H3/b38-37+/t51?,52-,55-,57+,58+,59?,60+,65-,66?,67+,68-,69-,70?,71-,72+,73+,74+,75-,76+/m1/s1. The number of rotatable bonds is 10. The van der Waals surface area contributed by atoms with Gasteiger partial charge in [0, 0.05) is 32.1 Å². The second-order valence-electron chi connectivity index (χ2n) is 33.2. The third-order valence-electron chi connectivity index (χ3n) is 22.6. The van der Waals surface area contributed by atoms with Gasteiger partial charge < -0.3 is 46.7 Å². The minimum Gasteiger partial charge on any atom is -0.444 e. The Morgan fingerprint density at radius 2 is 1.11 bits per heavy atom. The van der Waals surface area contributed by atoms with Gasteiger partial charge in [-0.2, -0.15) is 0 Å². The molecule has 8 heterocycles. The summed E-state index contributed by atoms with van der Waals surface area (Å²) in [6.45, 7) is 39.9. The third-order valence-corrected chi connectivity index (χ3v) is 32.7. The van der Waals surface area contributed by atoms with E-state index in [1.54, 1.807) is 4.90 Å². The Bertz CT molecular complexity index is 3280. The van der Waals surface area contributed by atoms with E-state index >= 15 is 4.79 Å². The molecule has 0 aliphatic carbocycles. The van der Waals surface area contributed by atoms with Gasteiger partial charge in [-0.1, -0.05) is 209 Å². The summed E-state index contributed by atoms with van der Waals surface area (Å²) < 4.78 is 74.1. The molecule has 19 atom stereocenters. The van der Waals surface area contributed by atoms with Crippen LogP contribution in [0.2, 0.25) is 10.1 Å². The van der Waals surface area contributed by atoms with Gasteiger partial charge in [-0.15, -0.1) is 0 Å². The highest BCUT2D eigenvalue weighted by Crippen LogP contribution is 2.50. The molecule has 96 heavy (non-hydrogen) atoms. The largest absolute Gasteiger partial charge is 0.444 e. The molecule has 7 saturated heterocycles. The zero-order valence-corrected chi connectivity index (χ0v) is 61.9. The number of hydrogen-bond donors (Lipinski definition) is 0. The molecule has 0 spiro atoms. The van der Waals surface area contributed by atoms with E-state index in [1.165, 1.54) is 10.4 Å². The van der Waals surface area contributed by atoms with E-state index in [-0.39, 0.29) is 83.6 Å². The van der Waals surface area contributed by atoms with Crippen molar-refractivity contribution < 1.29 is 56.3 Å². The van der Waals surface area contributed by atoms with E-state index in [2.05, 4.69) is 209 Å². The third kappa shape index (κ3) is 14.5. The van der Waals surface area contributed by atoms with Crippen molar-refractivity contribution in [2.45, 2.75) is 281 Å². The predicted octanol–water partition coefficient (Wildman–Crippen LogP) is 13.9. The molecule has 0 radical (unpaired) electrons. The van der Waals surface area contributed by atoms with E-state index in [9.17, 15) is 4.79 Å². The van der Waals surface area contributed by atoms with Crippen LogP contribution in [0, 0.1) is 23.7 Å². The molecule has 520 valence electrons. The average molecular weight is 1350 g/mol. The van der Waals surface area contributed by atoms with Crippen LogP contribution in [-0.2, 0) is 51.5 Å². The van der Waals surface area contributed by atoms with Crippen LogP contribution in [0.3, 0.4) is 0 Å². The first-order valence-corrected chi connectivity index (χ1v) is 40.1. The van der Waals surface area contributed by atoms with E-state index in [0.717, 1.165) is 47.2 Å². The molecule has 15 heteroatoms. The van der Waals surface area contributed by atoms with Crippen LogP contribution in [0.4, 0.5) is 4.79 Å². The van der Waals surface area contributed by atoms with Crippen LogP contribution in [-0.4, -0.2) is 143 Å². The second kappa shape index (κ2) is 28.3. The van der Waals surface area contributed by atoms with Gasteiger partial charge >= 0.3 is 6.09 Å². The van der Waals surface area contributed by atoms with Crippen molar-refractivity contribution in [1.82, 2.24) is 4.90 Å². The van der Waals surface area contributed by atoms with E-state index in [4.69, 9.17) is 46.7 Å². The van der Waals surface area contributed by atoms with Gasteiger partial charge in [0.15, 0.2) is 0 Å². The molecule has 1 amide bonds. The highest BCUT2D eigenvalue weighted by atomic mass is 28.4. The predicted molar refractivity (Wildman–Crippen MR) is 383 cm³/mol. The second-order valence-corrected chi connectivity index (χ2v) is 41.7. The summed E-state index contributed by atoms with van der Waals surface area (Å²) in [6.07, 6.45) is 5.48. The fourth-order valence-electron chi connectivity index (χ4n) is 17.8. The zero-order chi connectivity index (χ0) is 68.3. The molecule has 4 unspecified atom stereocenters. The Hall–Kier alpha value is -4.89. The Labute approximate surface area is 576 Å². The number of allylic oxidation sites excluding steroid dienone is 1. The van der Waals surface area contributed by atoms with E-state index < -0.39 is 87.9 Å². The number of hydrogen-bond acceptors (Lipinski definition) is 12. The Morgan fingerprint density at radius 1 is 0.573 bits per heavy atom. The smallest absolute Gasteiger partial charge is 0.412 e. The maximum atomic E-state index is 15.5. The number of fused-ring (bicyclic) bond motifs is 7. The summed E-state index contributed by atoms with van der Waals surface area (Å²) in [6, 6.07) is 43.5. The maximum Gasteiger partial charge on any atom is 0.412 e. The molecule has 0 aromatic heterocycles. The molecular formula is C81H111NO12Si2. The van der Waals surface area contributed by atoms with Gasteiger partial charge in [0.05, 0.1) is 67.6 Å². The van der Waals surface area contributed by atoms with Crippen LogP contribution in [0.5, 0.6) is 0 Å². The number of carbonyl (C=O) groups is 2. The van der Waals surface area contributed by atoms with Gasteiger partial charge in [-0.3, -0.25) is 9.69 Å². The molecule has 8 bridgehead atoms. The molecule has 0 N–H and O–H groups in total. The van der Waals surface area contributed by atoms with Gasteiger partial charge in [-0.25, -0.2) is 4.79 Å². The summed E-state index contributed by atoms with van der Waals surface area (Å²) in [5, 5.41) is 3.96. The molecule has 13 nitrogen and oxygen atoms in total. The molecule has 4 aromatic rings. The van der Waals surface area contributed by atoms with Crippen molar-refractivity contribution >= 4 is 49.3 Å². The lowest BCUT2D eigenvalue weighted by atomic mass is 9.78. The summed E-state index contributed by atoms with van der Waals surface area (Å²) in [5.41, 5.74) is 0.628. The lowest BCUT2D eigenvalue weighted by Crippen LogP contribution is -2.73. The van der Waals surface area contributed by atoms with Gasteiger partial charge in [0.2, 0.25) is 0 Å². The molecule has 4 aromatic carbocycles. The molecule has 12 rings (SSSR count). The zero-order valence-electron chi connectivity index (χ0n) is 59.9. The van der Waals surface area contributed by atoms with Crippen molar-refractivity contribution in [1.29, 1.82) is 0 Å². The lowest BCUT2D eigenvalue weighted by molar-refractivity contribution is -0.254. The van der Waals surface area contributed by atoms with Crippen LogP contribution < -0.4 is 20.7 Å². The van der Waals surface area contributed by atoms with E-state index in [1.807, 2.05) is 34.6 Å². The number of amides is 1. The van der Waals surface area contributed by atoms with Crippen molar-refractivity contribution in [3.8, 4) is 0 Å². The summed E-state index contributed by atoms with van der Waals surface area (Å²) in [4.78, 5) is 30.8. The molecule has 8 aliphatic heterocycles. The number of Topliss-reactive ketones (excluding diaryl/α,β-unsaturated/α-hetero) is 1. The Morgan fingerprint density at radius 3 is 1.68 bits per heavy atom. The van der Waals surface area contributed by atoms with Crippen molar-refractivity contribution in [2.24, 2.45) is 23.7 Å². The number of ketones is 1. The Balaban J connectivity index is 0.937. The van der Waals surface area contributed by atoms with Crippen LogP contribution >= 0.6 is 0 Å². The van der Waals surface area contributed by atoms with Gasteiger partial charge in [0.1, 0.15) is 47.6 Å². The molecule has 0 saturated carbocycles. The van der Waals surface area contributed by atoms with Crippen molar-refractivity contribution in [3.05, 3.63) is 158 Å². The number of carbonyl (C=O) groups excluding carboxylic acids is 2. The lowest BCUT2D eigenvalue weighted by Gasteiger charge is -2.53. The molecule has 7 fully saturated rings. The number of benzene rings is 4. The number of nitrogens with zero attached hydrogens (tertiary/aromatic N) is 1. The monoisotopic (exact) mass is 1350 g/mol. The first kappa shape index (κ1) is 71.0. The van der Waals surface area contributed by atoms with Crippen LogP contribution in [0.15, 0.2) is 158 Å². The topological polar surface area (TPSA) is 130 Å². The number of ether oxygens (including phenoxy) is 8. The summed E-state index contributed by atoms with van der Waals surface area (Å²) in [7, 11) is -6.61. The average Bonchev–Trinajstić information content (AvgIpc) is 1.36. The van der Waals surface area contributed by atoms with Gasteiger partial charge in [-0.05, 0) is 139 Å². The first-order valence-electron chi connectivity index (χ1n) is 36.3. The molecule has 8 aliphatic rings. The highest BCUT2D eigenvalue weighted by molar-refractivity contribution is 7.00. The summed E-state index contributed by atoms with van der Waals surface area (Å²) >= 11 is 0. The Kier molecular flexibility index (Phi) is 20.9. The van der Waals surface area contributed by atoms with Crippen LogP contribution in [0.1, 0.15) is 168 Å².